The third kappa shape index (κ3) is 3.88. The molecule has 4 heteroatoms. The lowest BCUT2D eigenvalue weighted by molar-refractivity contribution is 0.0695. The molecule has 1 aromatic carbocycles. The Labute approximate surface area is 124 Å². The van der Waals surface area contributed by atoms with Gasteiger partial charge in [-0.3, -0.25) is 0 Å². The van der Waals surface area contributed by atoms with Gasteiger partial charge in [0.25, 0.3) is 0 Å². The first-order valence-corrected chi connectivity index (χ1v) is 6.92. The minimum absolute atomic E-state index is 0.142. The van der Waals surface area contributed by atoms with E-state index in [1.807, 2.05) is 12.1 Å². The fraction of sp³-hybridized carbons (Fsp3) is 0.353. The molecule has 0 atom stereocenters. The van der Waals surface area contributed by atoms with Crippen LogP contribution >= 0.6 is 0 Å². The second-order valence-corrected chi connectivity index (χ2v) is 6.43. The van der Waals surface area contributed by atoms with Crippen molar-refractivity contribution in [1.82, 2.24) is 9.97 Å². The van der Waals surface area contributed by atoms with Crippen molar-refractivity contribution in [2.24, 2.45) is 5.41 Å². The molecule has 0 aliphatic rings. The monoisotopic (exact) mass is 284 g/mol. The minimum atomic E-state index is -1.00. The highest BCUT2D eigenvalue weighted by Gasteiger charge is 2.13. The molecule has 2 aromatic rings. The van der Waals surface area contributed by atoms with Gasteiger partial charge in [0.05, 0.1) is 11.3 Å². The van der Waals surface area contributed by atoms with Crippen LogP contribution in [-0.2, 0) is 6.42 Å². The van der Waals surface area contributed by atoms with E-state index in [1.165, 1.54) is 11.8 Å². The molecule has 21 heavy (non-hydrogen) atoms. The highest BCUT2D eigenvalue weighted by Crippen LogP contribution is 2.23. The summed E-state index contributed by atoms with van der Waals surface area (Å²) < 4.78 is 0. The van der Waals surface area contributed by atoms with Crippen LogP contribution in [0.4, 0.5) is 0 Å². The van der Waals surface area contributed by atoms with Crippen LogP contribution in [-0.4, -0.2) is 21.0 Å². The third-order valence-electron chi connectivity index (χ3n) is 3.16. The van der Waals surface area contributed by atoms with E-state index in [0.717, 1.165) is 12.0 Å². The summed E-state index contributed by atoms with van der Waals surface area (Å²) in [6.07, 6.45) is 2.37. The average Bonchev–Trinajstić information content (AvgIpc) is 2.37. The summed E-state index contributed by atoms with van der Waals surface area (Å²) in [7, 11) is 0. The van der Waals surface area contributed by atoms with Crippen LogP contribution in [0.5, 0.6) is 0 Å². The number of aromatic carboxylic acids is 1. The van der Waals surface area contributed by atoms with Crippen LogP contribution in [0, 0.1) is 12.3 Å². The molecule has 0 bridgehead atoms. The Bertz CT molecular complexity index is 655. The van der Waals surface area contributed by atoms with Crippen molar-refractivity contribution in [3.05, 3.63) is 47.3 Å². The number of hydrogen-bond donors (Lipinski definition) is 1. The Kier molecular flexibility index (Phi) is 4.07. The lowest BCUT2D eigenvalue weighted by atomic mass is 9.88. The van der Waals surface area contributed by atoms with Gasteiger partial charge in [-0.15, -0.1) is 0 Å². The van der Waals surface area contributed by atoms with E-state index in [0.29, 0.717) is 11.5 Å². The maximum atomic E-state index is 11.0. The van der Waals surface area contributed by atoms with Crippen LogP contribution in [0.15, 0.2) is 30.5 Å². The maximum Gasteiger partial charge on any atom is 0.339 e. The SMILES string of the molecule is Cc1nc(-c2ccc(CC(C)(C)C)cc2)ncc1C(=O)O. The second-order valence-electron chi connectivity index (χ2n) is 6.43. The summed E-state index contributed by atoms with van der Waals surface area (Å²) >= 11 is 0. The molecule has 0 saturated carbocycles. The first-order chi connectivity index (χ1) is 9.76. The second kappa shape index (κ2) is 5.64. The molecule has 0 unspecified atom stereocenters. The first kappa shape index (κ1) is 15.2. The summed E-state index contributed by atoms with van der Waals surface area (Å²) in [6.45, 7) is 8.30. The van der Waals surface area contributed by atoms with Crippen molar-refractivity contribution in [1.29, 1.82) is 0 Å². The van der Waals surface area contributed by atoms with E-state index in [4.69, 9.17) is 5.11 Å². The summed E-state index contributed by atoms with van der Waals surface area (Å²) in [5.74, 6) is -0.445. The molecule has 0 aliphatic carbocycles. The number of aryl methyl sites for hydroxylation is 1. The lowest BCUT2D eigenvalue weighted by Gasteiger charge is -2.18. The van der Waals surface area contributed by atoms with Gasteiger partial charge in [0.15, 0.2) is 5.82 Å². The Balaban J connectivity index is 2.27. The number of rotatable bonds is 3. The molecular formula is C17H20N2O2. The maximum absolute atomic E-state index is 11.0. The van der Waals surface area contributed by atoms with Gasteiger partial charge in [-0.1, -0.05) is 45.0 Å². The standard InChI is InChI=1S/C17H20N2O2/c1-11-14(16(20)21)10-18-15(19-11)13-7-5-12(6-8-13)9-17(2,3)4/h5-8,10H,9H2,1-4H3,(H,20,21). The van der Waals surface area contributed by atoms with E-state index in [9.17, 15) is 4.79 Å². The van der Waals surface area contributed by atoms with Gasteiger partial charge in [0.1, 0.15) is 0 Å². The predicted octanol–water partition coefficient (Wildman–Crippen LogP) is 3.74. The van der Waals surface area contributed by atoms with Gasteiger partial charge in [-0.2, -0.15) is 0 Å². The zero-order valence-electron chi connectivity index (χ0n) is 12.8. The molecule has 0 spiro atoms. The van der Waals surface area contributed by atoms with Crippen LogP contribution in [0.2, 0.25) is 0 Å². The van der Waals surface area contributed by atoms with Crippen molar-refractivity contribution >= 4 is 5.97 Å². The zero-order valence-corrected chi connectivity index (χ0v) is 12.8. The molecule has 2 rings (SSSR count). The third-order valence-corrected chi connectivity index (χ3v) is 3.16. The fourth-order valence-electron chi connectivity index (χ4n) is 2.20. The van der Waals surface area contributed by atoms with Crippen LogP contribution in [0.1, 0.15) is 42.4 Å². The lowest BCUT2D eigenvalue weighted by Crippen LogP contribution is -2.09. The summed E-state index contributed by atoms with van der Waals surface area (Å²) in [5.41, 5.74) is 3.03. The van der Waals surface area contributed by atoms with E-state index in [-0.39, 0.29) is 11.0 Å². The van der Waals surface area contributed by atoms with Crippen molar-refractivity contribution in [3.63, 3.8) is 0 Å². The number of aromatic nitrogens is 2. The van der Waals surface area contributed by atoms with Gasteiger partial charge in [-0.25, -0.2) is 14.8 Å². The predicted molar refractivity (Wildman–Crippen MR) is 82.3 cm³/mol. The highest BCUT2D eigenvalue weighted by atomic mass is 16.4. The van der Waals surface area contributed by atoms with Gasteiger partial charge in [0.2, 0.25) is 0 Å². The minimum Gasteiger partial charge on any atom is -0.478 e. The number of benzene rings is 1. The summed E-state index contributed by atoms with van der Waals surface area (Å²) in [5, 5.41) is 8.99. The average molecular weight is 284 g/mol. The van der Waals surface area contributed by atoms with Crippen molar-refractivity contribution in [2.75, 3.05) is 0 Å². The number of nitrogens with zero attached hydrogens (tertiary/aromatic N) is 2. The number of hydrogen-bond acceptors (Lipinski definition) is 3. The van der Waals surface area contributed by atoms with Crippen molar-refractivity contribution in [2.45, 2.75) is 34.1 Å². The van der Waals surface area contributed by atoms with Crippen LogP contribution in [0.3, 0.4) is 0 Å². The molecule has 0 saturated heterocycles. The molecule has 1 heterocycles. The largest absolute Gasteiger partial charge is 0.478 e. The topological polar surface area (TPSA) is 63.1 Å². The Morgan fingerprint density at radius 2 is 1.81 bits per heavy atom. The van der Waals surface area contributed by atoms with Crippen LogP contribution in [0.25, 0.3) is 11.4 Å². The Morgan fingerprint density at radius 1 is 1.19 bits per heavy atom. The number of carboxylic acid groups (broad SMARTS) is 1. The molecule has 110 valence electrons. The molecule has 1 N–H and O–H groups in total. The molecule has 0 aliphatic heterocycles. The summed E-state index contributed by atoms with van der Waals surface area (Å²) in [6, 6.07) is 8.11. The van der Waals surface area contributed by atoms with E-state index >= 15 is 0 Å². The highest BCUT2D eigenvalue weighted by molar-refractivity contribution is 5.88. The zero-order chi connectivity index (χ0) is 15.6. The van der Waals surface area contributed by atoms with Gasteiger partial charge in [0, 0.05) is 11.8 Å². The Hall–Kier alpha value is -2.23. The smallest absolute Gasteiger partial charge is 0.339 e. The number of carboxylic acids is 1. The summed E-state index contributed by atoms with van der Waals surface area (Å²) in [4.78, 5) is 19.4. The Morgan fingerprint density at radius 3 is 2.29 bits per heavy atom. The van der Waals surface area contributed by atoms with E-state index in [1.54, 1.807) is 6.92 Å². The quantitative estimate of drug-likeness (QED) is 0.932. The van der Waals surface area contributed by atoms with E-state index < -0.39 is 5.97 Å². The van der Waals surface area contributed by atoms with Crippen molar-refractivity contribution < 1.29 is 9.90 Å². The van der Waals surface area contributed by atoms with Gasteiger partial charge in [-0.05, 0) is 24.3 Å². The fourth-order valence-corrected chi connectivity index (χ4v) is 2.20. The molecule has 1 aromatic heterocycles. The molecular weight excluding hydrogens is 264 g/mol. The van der Waals surface area contributed by atoms with E-state index in [2.05, 4.69) is 42.9 Å². The number of carbonyl (C=O) groups is 1. The first-order valence-electron chi connectivity index (χ1n) is 6.92. The molecule has 0 fully saturated rings. The molecule has 0 radical (unpaired) electrons. The van der Waals surface area contributed by atoms with Crippen molar-refractivity contribution in [3.8, 4) is 11.4 Å². The van der Waals surface area contributed by atoms with Gasteiger partial charge < -0.3 is 5.11 Å². The molecule has 4 nitrogen and oxygen atoms in total. The van der Waals surface area contributed by atoms with Gasteiger partial charge >= 0.3 is 5.97 Å². The normalized spacial score (nSPS) is 11.4. The van der Waals surface area contributed by atoms with Crippen LogP contribution < -0.4 is 0 Å². The molecule has 0 amide bonds.